The molecule has 2 atom stereocenters. The molecule has 2 aromatic rings. The van der Waals surface area contributed by atoms with Crippen molar-refractivity contribution in [3.63, 3.8) is 0 Å². The van der Waals surface area contributed by atoms with Gasteiger partial charge in [0, 0.05) is 44.3 Å². The van der Waals surface area contributed by atoms with E-state index in [2.05, 4.69) is 23.1 Å². The van der Waals surface area contributed by atoms with Gasteiger partial charge in [0.1, 0.15) is 5.75 Å². The van der Waals surface area contributed by atoms with Gasteiger partial charge in [-0.25, -0.2) is 0 Å². The molecule has 0 bridgehead atoms. The maximum absolute atomic E-state index is 13.5. The van der Waals surface area contributed by atoms with Crippen molar-refractivity contribution in [1.82, 2.24) is 14.7 Å². The van der Waals surface area contributed by atoms with Crippen LogP contribution in [0.5, 0.6) is 5.75 Å². The van der Waals surface area contributed by atoms with E-state index in [0.29, 0.717) is 43.9 Å². The van der Waals surface area contributed by atoms with Crippen LogP contribution in [-0.4, -0.2) is 83.1 Å². The minimum Gasteiger partial charge on any atom is -0.497 e. The van der Waals surface area contributed by atoms with Gasteiger partial charge in [-0.05, 0) is 55.0 Å². The van der Waals surface area contributed by atoms with Crippen molar-refractivity contribution in [2.75, 3.05) is 33.3 Å². The molecule has 2 saturated heterocycles. The Kier molecular flexibility index (Phi) is 6.57. The maximum Gasteiger partial charge on any atom is 0.253 e. The lowest BCUT2D eigenvalue weighted by molar-refractivity contribution is -0.138. The predicted molar refractivity (Wildman–Crippen MR) is 129 cm³/mol. The lowest BCUT2D eigenvalue weighted by atomic mass is 9.98. The highest BCUT2D eigenvalue weighted by molar-refractivity contribution is 5.94. The van der Waals surface area contributed by atoms with E-state index in [0.717, 1.165) is 25.8 Å². The molecule has 1 N–H and O–H groups in total. The number of rotatable bonds is 4. The fraction of sp³-hybridized carbons (Fsp3) is 0.481. The molecule has 0 spiro atoms. The molecule has 7 nitrogen and oxygen atoms in total. The Labute approximate surface area is 200 Å². The summed E-state index contributed by atoms with van der Waals surface area (Å²) >= 11 is 0. The molecule has 0 aliphatic carbocycles. The molecule has 0 unspecified atom stereocenters. The van der Waals surface area contributed by atoms with Gasteiger partial charge in [-0.1, -0.05) is 30.3 Å². The Morgan fingerprint density at radius 1 is 0.971 bits per heavy atom. The number of β-amino-alcohol motifs (C(OH)–C–C–N with tert-alkyl or cyclic N) is 1. The van der Waals surface area contributed by atoms with Crippen molar-refractivity contribution in [1.29, 1.82) is 0 Å². The number of carbonyl (C=O) groups is 2. The van der Waals surface area contributed by atoms with Crippen LogP contribution in [-0.2, 0) is 17.8 Å². The number of piperidine rings is 1. The zero-order chi connectivity index (χ0) is 23.7. The third-order valence-electron chi connectivity index (χ3n) is 7.58. The van der Waals surface area contributed by atoms with Gasteiger partial charge < -0.3 is 19.6 Å². The molecule has 7 heteroatoms. The summed E-state index contributed by atoms with van der Waals surface area (Å²) in [6.45, 7) is 3.18. The topological polar surface area (TPSA) is 73.3 Å². The number of nitrogens with zero attached hydrogens (tertiary/aromatic N) is 3. The second kappa shape index (κ2) is 9.76. The summed E-state index contributed by atoms with van der Waals surface area (Å²) in [4.78, 5) is 32.6. The van der Waals surface area contributed by atoms with E-state index >= 15 is 0 Å². The SMILES string of the molecule is COc1cccc(C(=O)N2CCC(N3C[C@H](O)C[C@H]3C(=O)N3CCc4ccccc4C3)CC2)c1. The van der Waals surface area contributed by atoms with E-state index < -0.39 is 6.10 Å². The lowest BCUT2D eigenvalue weighted by Gasteiger charge is -2.40. The fourth-order valence-electron chi connectivity index (χ4n) is 5.72. The Morgan fingerprint density at radius 3 is 2.50 bits per heavy atom. The number of methoxy groups -OCH3 is 1. The van der Waals surface area contributed by atoms with Crippen molar-refractivity contribution >= 4 is 11.8 Å². The number of benzene rings is 2. The summed E-state index contributed by atoms with van der Waals surface area (Å²) in [6, 6.07) is 15.5. The van der Waals surface area contributed by atoms with Crippen LogP contribution in [0.4, 0.5) is 0 Å². The van der Waals surface area contributed by atoms with Crippen molar-refractivity contribution in [3.8, 4) is 5.75 Å². The average molecular weight is 464 g/mol. The second-order valence-electron chi connectivity index (χ2n) is 9.64. The van der Waals surface area contributed by atoms with Crippen LogP contribution in [0, 0.1) is 0 Å². The smallest absolute Gasteiger partial charge is 0.253 e. The number of aliphatic hydroxyl groups is 1. The quantitative estimate of drug-likeness (QED) is 0.754. The first-order chi connectivity index (χ1) is 16.5. The lowest BCUT2D eigenvalue weighted by Crippen LogP contribution is -2.53. The van der Waals surface area contributed by atoms with E-state index in [1.165, 1.54) is 11.1 Å². The number of ether oxygens (including phenoxy) is 1. The minimum absolute atomic E-state index is 0.0124. The molecule has 2 amide bonds. The molecule has 3 aliphatic rings. The number of likely N-dealkylation sites (tertiary alicyclic amines) is 2. The highest BCUT2D eigenvalue weighted by Crippen LogP contribution is 2.30. The van der Waals surface area contributed by atoms with Gasteiger partial charge in [0.05, 0.1) is 19.3 Å². The van der Waals surface area contributed by atoms with Crippen LogP contribution < -0.4 is 4.74 Å². The summed E-state index contributed by atoms with van der Waals surface area (Å²) in [7, 11) is 1.60. The highest BCUT2D eigenvalue weighted by atomic mass is 16.5. The molecule has 3 aliphatic heterocycles. The van der Waals surface area contributed by atoms with Gasteiger partial charge in [-0.2, -0.15) is 0 Å². The van der Waals surface area contributed by atoms with E-state index in [4.69, 9.17) is 4.74 Å². The molecule has 0 aromatic heterocycles. The molecule has 2 fully saturated rings. The van der Waals surface area contributed by atoms with E-state index in [9.17, 15) is 14.7 Å². The fourth-order valence-corrected chi connectivity index (χ4v) is 5.72. The molecular formula is C27H33N3O4. The van der Waals surface area contributed by atoms with E-state index in [1.807, 2.05) is 34.1 Å². The minimum atomic E-state index is -0.484. The first-order valence-electron chi connectivity index (χ1n) is 12.3. The largest absolute Gasteiger partial charge is 0.497 e. The summed E-state index contributed by atoms with van der Waals surface area (Å²) < 4.78 is 5.25. The monoisotopic (exact) mass is 463 g/mol. The maximum atomic E-state index is 13.5. The van der Waals surface area contributed by atoms with E-state index in [-0.39, 0.29) is 23.9 Å². The summed E-state index contributed by atoms with van der Waals surface area (Å²) in [6.07, 6.45) is 2.48. The summed E-state index contributed by atoms with van der Waals surface area (Å²) in [5, 5.41) is 10.5. The van der Waals surface area contributed by atoms with Gasteiger partial charge in [-0.3, -0.25) is 14.5 Å². The van der Waals surface area contributed by atoms with Gasteiger partial charge in [0.25, 0.3) is 5.91 Å². The molecule has 3 heterocycles. The molecule has 2 aromatic carbocycles. The molecule has 0 saturated carbocycles. The first kappa shape index (κ1) is 22.9. The standard InChI is InChI=1S/C27H33N3O4/c1-34-24-8-4-7-20(15-24)26(32)28-13-10-22(11-14-28)30-18-23(31)16-25(30)27(33)29-12-9-19-5-2-3-6-21(19)17-29/h2-8,15,22-23,25,31H,9-14,16-18H2,1H3/t23-,25+/m1/s1. The van der Waals surface area contributed by atoms with Crippen LogP contribution in [0.25, 0.3) is 0 Å². The van der Waals surface area contributed by atoms with Crippen molar-refractivity contribution in [2.45, 2.75) is 50.4 Å². The Bertz CT molecular complexity index is 1050. The Hall–Kier alpha value is -2.90. The van der Waals surface area contributed by atoms with Crippen molar-refractivity contribution in [3.05, 3.63) is 65.2 Å². The zero-order valence-corrected chi connectivity index (χ0v) is 19.7. The van der Waals surface area contributed by atoms with Crippen LogP contribution >= 0.6 is 0 Å². The third-order valence-corrected chi connectivity index (χ3v) is 7.58. The summed E-state index contributed by atoms with van der Waals surface area (Å²) in [5.41, 5.74) is 3.17. The number of aliphatic hydroxyl groups excluding tert-OH is 1. The molecule has 5 rings (SSSR count). The first-order valence-corrected chi connectivity index (χ1v) is 12.3. The van der Waals surface area contributed by atoms with Crippen LogP contribution in [0.15, 0.2) is 48.5 Å². The number of carbonyl (C=O) groups excluding carboxylic acids is 2. The number of amides is 2. The normalized spacial score (nSPS) is 23.6. The Morgan fingerprint density at radius 2 is 1.74 bits per heavy atom. The van der Waals surface area contributed by atoms with E-state index in [1.54, 1.807) is 13.2 Å². The van der Waals surface area contributed by atoms with Gasteiger partial charge in [0.2, 0.25) is 5.91 Å². The third kappa shape index (κ3) is 4.55. The van der Waals surface area contributed by atoms with Crippen molar-refractivity contribution in [2.24, 2.45) is 0 Å². The van der Waals surface area contributed by atoms with Crippen LogP contribution in [0.3, 0.4) is 0 Å². The highest BCUT2D eigenvalue weighted by Gasteiger charge is 2.42. The Balaban J connectivity index is 1.22. The predicted octanol–water partition coefficient (Wildman–Crippen LogP) is 2.32. The number of fused-ring (bicyclic) bond motifs is 1. The average Bonchev–Trinajstić information content (AvgIpc) is 3.29. The van der Waals surface area contributed by atoms with Gasteiger partial charge >= 0.3 is 0 Å². The number of hydrogen-bond donors (Lipinski definition) is 1. The van der Waals surface area contributed by atoms with Gasteiger partial charge in [0.15, 0.2) is 0 Å². The number of hydrogen-bond acceptors (Lipinski definition) is 5. The van der Waals surface area contributed by atoms with Crippen molar-refractivity contribution < 1.29 is 19.4 Å². The molecule has 0 radical (unpaired) electrons. The molecule has 180 valence electrons. The molecular weight excluding hydrogens is 430 g/mol. The zero-order valence-electron chi connectivity index (χ0n) is 19.7. The second-order valence-corrected chi connectivity index (χ2v) is 9.64. The van der Waals surface area contributed by atoms with Crippen LogP contribution in [0.2, 0.25) is 0 Å². The van der Waals surface area contributed by atoms with Crippen LogP contribution in [0.1, 0.15) is 40.7 Å². The molecule has 34 heavy (non-hydrogen) atoms. The summed E-state index contributed by atoms with van der Waals surface area (Å²) in [5.74, 6) is 0.813. The van der Waals surface area contributed by atoms with Gasteiger partial charge in [-0.15, -0.1) is 0 Å².